The Labute approximate surface area is 260 Å². The smallest absolute Gasteiger partial charge is 0.277 e. The van der Waals surface area contributed by atoms with Crippen LogP contribution in [0.15, 0.2) is 29.1 Å². The van der Waals surface area contributed by atoms with E-state index in [0.717, 1.165) is 80.0 Å². The molecule has 234 valence electrons. The second-order valence-corrected chi connectivity index (χ2v) is 15.4. The topological polar surface area (TPSA) is 62.9 Å². The number of hydrogen-bond acceptors (Lipinski definition) is 5. The number of amides is 1. The molecule has 1 aliphatic heterocycles. The molecule has 1 saturated heterocycles. The van der Waals surface area contributed by atoms with Crippen LogP contribution in [0.4, 0.5) is 0 Å². The van der Waals surface area contributed by atoms with Crippen molar-refractivity contribution in [2.45, 2.75) is 99.0 Å². The quantitative estimate of drug-likeness (QED) is 0.177. The molecule has 0 atom stereocenters. The molecule has 1 aromatic carbocycles. The number of piperidine rings is 1. The maximum atomic E-state index is 14.0. The van der Waals surface area contributed by atoms with Crippen LogP contribution in [0.1, 0.15) is 102 Å². The van der Waals surface area contributed by atoms with Crippen LogP contribution in [0.5, 0.6) is 0 Å². The molecule has 8 heteroatoms. The fraction of sp³-hybridized carbons (Fsp3) is 0.629. The standard InChI is InChI=1S/C35H51N5O2S/c1-24(2)14-20-38(21-15-25(3)4)32(41)26-12-13-28-29(22-26)39(19-11-18-37-16-9-8-10-17-37)34-36-27-23-30(35(5,6)7)43-31(27)33(42)40(28)34/h12-13,22-25H,8-11,14-21H2,1-7H3. The first kappa shape index (κ1) is 31.7. The van der Waals surface area contributed by atoms with E-state index in [2.05, 4.69) is 64.0 Å². The van der Waals surface area contributed by atoms with Crippen molar-refractivity contribution < 1.29 is 4.79 Å². The van der Waals surface area contributed by atoms with Gasteiger partial charge in [0.05, 0.1) is 16.6 Å². The number of carbonyl (C=O) groups is 1. The van der Waals surface area contributed by atoms with Crippen LogP contribution in [0.2, 0.25) is 0 Å². The minimum absolute atomic E-state index is 0.0187. The Morgan fingerprint density at radius 3 is 2.26 bits per heavy atom. The van der Waals surface area contributed by atoms with E-state index in [1.165, 1.54) is 19.3 Å². The fourth-order valence-corrected chi connectivity index (χ4v) is 7.17. The second-order valence-electron chi connectivity index (χ2n) is 14.4. The molecule has 4 heterocycles. The Kier molecular flexibility index (Phi) is 9.67. The number of thiophene rings is 1. The molecule has 3 aromatic heterocycles. The van der Waals surface area contributed by atoms with Gasteiger partial charge in [0.15, 0.2) is 0 Å². The SMILES string of the molecule is CC(C)CCN(CCC(C)C)C(=O)c1ccc2c(c1)n(CCCN1CCCCC1)c1nc3cc(C(C)(C)C)sc3c(=O)n21. The van der Waals surface area contributed by atoms with Crippen molar-refractivity contribution in [2.75, 3.05) is 32.7 Å². The predicted molar refractivity (Wildman–Crippen MR) is 181 cm³/mol. The number of imidazole rings is 1. The molecule has 0 radical (unpaired) electrons. The van der Waals surface area contributed by atoms with Crippen LogP contribution in [0, 0.1) is 11.8 Å². The number of nitrogens with zero attached hydrogens (tertiary/aromatic N) is 5. The van der Waals surface area contributed by atoms with Crippen LogP contribution in [0.3, 0.4) is 0 Å². The molecule has 0 bridgehead atoms. The van der Waals surface area contributed by atoms with Crippen molar-refractivity contribution in [3.63, 3.8) is 0 Å². The lowest BCUT2D eigenvalue weighted by Crippen LogP contribution is -2.34. The van der Waals surface area contributed by atoms with Gasteiger partial charge in [-0.05, 0) is 93.3 Å². The summed E-state index contributed by atoms with van der Waals surface area (Å²) >= 11 is 1.55. The van der Waals surface area contributed by atoms with Crippen molar-refractivity contribution in [3.05, 3.63) is 45.1 Å². The molecule has 0 spiro atoms. The van der Waals surface area contributed by atoms with Crippen molar-refractivity contribution >= 4 is 44.3 Å². The van der Waals surface area contributed by atoms with Crippen LogP contribution in [-0.2, 0) is 12.0 Å². The van der Waals surface area contributed by atoms with E-state index in [-0.39, 0.29) is 16.9 Å². The van der Waals surface area contributed by atoms with Gasteiger partial charge in [-0.2, -0.15) is 0 Å². The Bertz CT molecular complexity index is 1620. The van der Waals surface area contributed by atoms with Gasteiger partial charge in [-0.1, -0.05) is 54.9 Å². The summed E-state index contributed by atoms with van der Waals surface area (Å²) in [6.45, 7) is 21.0. The van der Waals surface area contributed by atoms with Crippen LogP contribution in [-0.4, -0.2) is 62.4 Å². The Morgan fingerprint density at radius 2 is 1.63 bits per heavy atom. The number of hydrogen-bond donors (Lipinski definition) is 0. The summed E-state index contributed by atoms with van der Waals surface area (Å²) in [5.41, 5.74) is 3.12. The first-order valence-electron chi connectivity index (χ1n) is 16.4. The van der Waals surface area contributed by atoms with Gasteiger partial charge < -0.3 is 14.4 Å². The lowest BCUT2D eigenvalue weighted by molar-refractivity contribution is 0.0741. The summed E-state index contributed by atoms with van der Waals surface area (Å²) in [5, 5.41) is 0. The van der Waals surface area contributed by atoms with E-state index in [0.29, 0.717) is 27.9 Å². The second kappa shape index (κ2) is 13.1. The van der Waals surface area contributed by atoms with Crippen molar-refractivity contribution in [1.29, 1.82) is 0 Å². The maximum Gasteiger partial charge on any atom is 0.277 e. The first-order valence-corrected chi connectivity index (χ1v) is 17.3. The molecule has 4 aromatic rings. The van der Waals surface area contributed by atoms with Crippen LogP contribution >= 0.6 is 11.3 Å². The summed E-state index contributed by atoms with van der Waals surface area (Å²) in [5.74, 6) is 1.81. The highest BCUT2D eigenvalue weighted by Gasteiger charge is 2.24. The lowest BCUT2D eigenvalue weighted by atomic mass is 9.95. The molecule has 1 aliphatic rings. The molecular formula is C35H51N5O2S. The van der Waals surface area contributed by atoms with Crippen LogP contribution in [0.25, 0.3) is 27.0 Å². The van der Waals surface area contributed by atoms with Gasteiger partial charge in [0.1, 0.15) is 4.70 Å². The zero-order chi connectivity index (χ0) is 30.9. The molecule has 5 rings (SSSR count). The molecule has 0 aliphatic carbocycles. The van der Waals surface area contributed by atoms with Gasteiger partial charge >= 0.3 is 0 Å². The van der Waals surface area contributed by atoms with Gasteiger partial charge in [-0.25, -0.2) is 9.38 Å². The molecule has 0 unspecified atom stereocenters. The average molecular weight is 606 g/mol. The molecule has 0 N–H and O–H groups in total. The zero-order valence-electron chi connectivity index (χ0n) is 27.4. The highest BCUT2D eigenvalue weighted by molar-refractivity contribution is 7.19. The number of rotatable bonds is 11. The molecule has 0 saturated carbocycles. The first-order chi connectivity index (χ1) is 20.4. The van der Waals surface area contributed by atoms with Gasteiger partial charge in [0.25, 0.3) is 11.5 Å². The van der Waals surface area contributed by atoms with E-state index in [4.69, 9.17) is 4.98 Å². The number of fused-ring (bicyclic) bond motifs is 4. The predicted octanol–water partition coefficient (Wildman–Crippen LogP) is 7.57. The molecule has 7 nitrogen and oxygen atoms in total. The highest BCUT2D eigenvalue weighted by Crippen LogP contribution is 2.33. The third-order valence-electron chi connectivity index (χ3n) is 8.81. The minimum Gasteiger partial charge on any atom is -0.339 e. The summed E-state index contributed by atoms with van der Waals surface area (Å²) in [6.07, 6.45) is 6.80. The average Bonchev–Trinajstić information content (AvgIpc) is 3.53. The number of likely N-dealkylation sites (tertiary alicyclic amines) is 1. The van der Waals surface area contributed by atoms with Crippen LogP contribution < -0.4 is 5.56 Å². The normalized spacial score (nSPS) is 15.1. The zero-order valence-corrected chi connectivity index (χ0v) is 28.2. The van der Waals surface area contributed by atoms with E-state index in [1.807, 2.05) is 23.1 Å². The molecular weight excluding hydrogens is 554 g/mol. The Balaban J connectivity index is 1.59. The minimum atomic E-state index is -0.0504. The van der Waals surface area contributed by atoms with E-state index < -0.39 is 0 Å². The Morgan fingerprint density at radius 1 is 0.953 bits per heavy atom. The monoisotopic (exact) mass is 605 g/mol. The van der Waals surface area contributed by atoms with Gasteiger partial charge in [0, 0.05) is 30.1 Å². The summed E-state index contributed by atoms with van der Waals surface area (Å²) in [4.78, 5) is 38.8. The van der Waals surface area contributed by atoms with E-state index >= 15 is 0 Å². The van der Waals surface area contributed by atoms with E-state index in [1.54, 1.807) is 15.7 Å². The number of carbonyl (C=O) groups excluding carboxylic acids is 1. The third kappa shape index (κ3) is 7.01. The highest BCUT2D eigenvalue weighted by atomic mass is 32.1. The Hall–Kier alpha value is -2.71. The summed E-state index contributed by atoms with van der Waals surface area (Å²) in [7, 11) is 0. The largest absolute Gasteiger partial charge is 0.339 e. The van der Waals surface area contributed by atoms with Gasteiger partial charge in [-0.3, -0.25) is 9.59 Å². The molecule has 1 fully saturated rings. The number of aryl methyl sites for hydroxylation is 1. The van der Waals surface area contributed by atoms with Gasteiger partial charge in [-0.15, -0.1) is 11.3 Å². The van der Waals surface area contributed by atoms with Crippen molar-refractivity contribution in [2.24, 2.45) is 11.8 Å². The lowest BCUT2D eigenvalue weighted by Gasteiger charge is -2.26. The number of benzene rings is 1. The fourth-order valence-electron chi connectivity index (χ4n) is 6.09. The molecule has 43 heavy (non-hydrogen) atoms. The molecule has 1 amide bonds. The van der Waals surface area contributed by atoms with Gasteiger partial charge in [0.2, 0.25) is 5.78 Å². The maximum absolute atomic E-state index is 14.0. The van der Waals surface area contributed by atoms with E-state index in [9.17, 15) is 9.59 Å². The van der Waals surface area contributed by atoms with Crippen molar-refractivity contribution in [3.8, 4) is 0 Å². The number of aromatic nitrogens is 3. The third-order valence-corrected chi connectivity index (χ3v) is 10.3. The summed E-state index contributed by atoms with van der Waals surface area (Å²) < 4.78 is 4.67. The summed E-state index contributed by atoms with van der Waals surface area (Å²) in [6, 6.07) is 7.98. The van der Waals surface area contributed by atoms with Crippen molar-refractivity contribution in [1.82, 2.24) is 23.8 Å².